The Labute approximate surface area is 518 Å². The van der Waals surface area contributed by atoms with Crippen LogP contribution in [0.25, 0.3) is 0 Å². The summed E-state index contributed by atoms with van der Waals surface area (Å²) < 4.78 is 32.4. The van der Waals surface area contributed by atoms with Gasteiger partial charge in [0.05, 0.1) is 38.5 Å². The number of carbonyl (C=O) groups is 8. The number of nitrogens with one attached hydrogen (secondary N) is 2. The molecule has 1 heterocycles. The molecule has 492 valence electrons. The molecule has 0 aromatic heterocycles. The van der Waals surface area contributed by atoms with E-state index in [1.165, 1.54) is 128 Å². The van der Waals surface area contributed by atoms with Gasteiger partial charge >= 0.3 is 35.8 Å². The second-order valence-electron chi connectivity index (χ2n) is 22.5. The maximum atomic E-state index is 13.1. The van der Waals surface area contributed by atoms with E-state index in [9.17, 15) is 38.4 Å². The van der Waals surface area contributed by atoms with Crippen molar-refractivity contribution in [1.29, 1.82) is 0 Å². The average Bonchev–Trinajstić information content (AvgIpc) is 3.60. The van der Waals surface area contributed by atoms with E-state index in [4.69, 9.17) is 28.4 Å². The van der Waals surface area contributed by atoms with Crippen LogP contribution in [0.5, 0.6) is 0 Å². The number of piperazine rings is 1. The fourth-order valence-corrected chi connectivity index (χ4v) is 9.34. The number of ether oxygens (including phenoxy) is 6. The standard InChI is InChI=1S/C68H116N4O14/c1-5-9-13-17-21-25-29-33-37-53-81-61(73)41-47-71(48-42-62(74)82-54-38-34-30-26-22-18-14-10-6-2)51-45-65(77)85-57-59-67(79)70-60(68(80)69-59)58-86-66(78)46-52-72(49-43-63(75)83-55-39-35-31-27-23-19-15-11-7-3)50-44-64(76)84-56-40-36-32-28-24-20-16-12-8-4/h33-40,59-60H,5-32,41-58H2,1-4H3,(H,69,80)(H,70,79)/b37-33-,38-34-,39-35-,40-36-. The van der Waals surface area contributed by atoms with E-state index in [1.807, 2.05) is 48.6 Å². The fourth-order valence-electron chi connectivity index (χ4n) is 9.34. The van der Waals surface area contributed by atoms with Crippen molar-refractivity contribution >= 4 is 47.6 Å². The Morgan fingerprint density at radius 1 is 0.314 bits per heavy atom. The van der Waals surface area contributed by atoms with Crippen LogP contribution in [0, 0.1) is 0 Å². The first-order valence-electron chi connectivity index (χ1n) is 33.5. The highest BCUT2D eigenvalue weighted by molar-refractivity contribution is 5.97. The molecule has 0 saturated carbocycles. The second kappa shape index (κ2) is 57.4. The first-order valence-corrected chi connectivity index (χ1v) is 33.5. The summed E-state index contributed by atoms with van der Waals surface area (Å²) in [6.07, 6.45) is 48.0. The number of nitrogens with zero attached hydrogens (tertiary/aromatic N) is 2. The van der Waals surface area contributed by atoms with E-state index >= 15 is 0 Å². The molecule has 1 fully saturated rings. The molecule has 1 aliphatic rings. The maximum Gasteiger partial charge on any atom is 0.307 e. The summed E-state index contributed by atoms with van der Waals surface area (Å²) in [4.78, 5) is 106. The van der Waals surface area contributed by atoms with Gasteiger partial charge in [0.1, 0.15) is 51.7 Å². The Kier molecular flexibility index (Phi) is 52.5. The van der Waals surface area contributed by atoms with E-state index in [2.05, 4.69) is 38.3 Å². The zero-order valence-corrected chi connectivity index (χ0v) is 53.9. The van der Waals surface area contributed by atoms with Crippen LogP contribution in [0.15, 0.2) is 48.6 Å². The van der Waals surface area contributed by atoms with Gasteiger partial charge in [0.25, 0.3) is 0 Å². The predicted octanol–water partition coefficient (Wildman–Crippen LogP) is 12.4. The Bertz CT molecular complexity index is 1700. The minimum Gasteiger partial charge on any atom is -0.463 e. The summed E-state index contributed by atoms with van der Waals surface area (Å²) in [5, 5.41) is 5.07. The lowest BCUT2D eigenvalue weighted by Gasteiger charge is -2.29. The van der Waals surface area contributed by atoms with Crippen LogP contribution in [0.4, 0.5) is 0 Å². The molecule has 0 aromatic rings. The summed E-state index contributed by atoms with van der Waals surface area (Å²) in [5.74, 6) is -4.25. The highest BCUT2D eigenvalue weighted by atomic mass is 16.6. The van der Waals surface area contributed by atoms with Gasteiger partial charge in [0, 0.05) is 39.3 Å². The molecule has 2 N–H and O–H groups in total. The first-order chi connectivity index (χ1) is 41.9. The normalized spacial score (nSPS) is 14.4. The van der Waals surface area contributed by atoms with Gasteiger partial charge in [-0.2, -0.15) is 0 Å². The molecular formula is C68H116N4O14. The molecular weight excluding hydrogens is 1100 g/mol. The van der Waals surface area contributed by atoms with Gasteiger partial charge < -0.3 is 48.9 Å². The van der Waals surface area contributed by atoms with Crippen LogP contribution in [-0.4, -0.2) is 148 Å². The monoisotopic (exact) mass is 1210 g/mol. The highest BCUT2D eigenvalue weighted by Gasteiger charge is 2.35. The number of allylic oxidation sites excluding steroid dienone is 4. The van der Waals surface area contributed by atoms with Crippen molar-refractivity contribution in [2.45, 2.75) is 258 Å². The molecule has 86 heavy (non-hydrogen) atoms. The number of hydrogen-bond donors (Lipinski definition) is 2. The number of amides is 2. The largest absolute Gasteiger partial charge is 0.463 e. The van der Waals surface area contributed by atoms with Crippen LogP contribution in [-0.2, 0) is 66.8 Å². The molecule has 1 aliphatic heterocycles. The lowest BCUT2D eigenvalue weighted by Crippen LogP contribution is -2.64. The number of hydrogen-bond acceptors (Lipinski definition) is 16. The average molecular weight is 1210 g/mol. The van der Waals surface area contributed by atoms with E-state index in [0.717, 1.165) is 51.4 Å². The molecule has 0 bridgehead atoms. The molecule has 0 radical (unpaired) electrons. The minimum atomic E-state index is -1.20. The summed E-state index contributed by atoms with van der Waals surface area (Å²) in [6, 6.07) is -2.40. The Hall–Kier alpha value is -5.36. The molecule has 0 spiro atoms. The molecule has 2 atom stereocenters. The lowest BCUT2D eigenvalue weighted by atomic mass is 10.1. The van der Waals surface area contributed by atoms with E-state index < -0.39 is 72.9 Å². The van der Waals surface area contributed by atoms with Crippen molar-refractivity contribution in [3.8, 4) is 0 Å². The van der Waals surface area contributed by atoms with Gasteiger partial charge in [-0.1, -0.05) is 205 Å². The third-order valence-electron chi connectivity index (χ3n) is 14.8. The van der Waals surface area contributed by atoms with Gasteiger partial charge in [-0.15, -0.1) is 0 Å². The Morgan fingerprint density at radius 3 is 0.756 bits per heavy atom. The van der Waals surface area contributed by atoms with Crippen molar-refractivity contribution in [2.75, 3.05) is 78.9 Å². The second-order valence-corrected chi connectivity index (χ2v) is 22.5. The van der Waals surface area contributed by atoms with Gasteiger partial charge in [-0.05, 0) is 51.4 Å². The smallest absolute Gasteiger partial charge is 0.307 e. The number of rotatable bonds is 58. The van der Waals surface area contributed by atoms with Crippen molar-refractivity contribution in [2.24, 2.45) is 0 Å². The molecule has 0 aliphatic carbocycles. The molecule has 18 heteroatoms. The summed E-state index contributed by atoms with van der Waals surface area (Å²) in [7, 11) is 0. The zero-order valence-electron chi connectivity index (χ0n) is 53.9. The third kappa shape index (κ3) is 48.7. The van der Waals surface area contributed by atoms with Crippen molar-refractivity contribution in [3.05, 3.63) is 48.6 Å². The zero-order chi connectivity index (χ0) is 62.8. The van der Waals surface area contributed by atoms with Gasteiger partial charge in [-0.25, -0.2) is 0 Å². The van der Waals surface area contributed by atoms with Crippen LogP contribution < -0.4 is 10.6 Å². The van der Waals surface area contributed by atoms with Crippen LogP contribution in [0.1, 0.15) is 246 Å². The molecule has 1 saturated heterocycles. The Morgan fingerprint density at radius 2 is 0.523 bits per heavy atom. The topological polar surface area (TPSA) is 222 Å². The van der Waals surface area contributed by atoms with E-state index in [-0.39, 0.29) is 104 Å². The van der Waals surface area contributed by atoms with Gasteiger partial charge in [0.2, 0.25) is 11.8 Å². The minimum absolute atomic E-state index is 0.0332. The van der Waals surface area contributed by atoms with Gasteiger partial charge in [-0.3, -0.25) is 38.4 Å². The lowest BCUT2D eigenvalue weighted by molar-refractivity contribution is -0.152. The first kappa shape index (κ1) is 78.7. The summed E-state index contributed by atoms with van der Waals surface area (Å²) in [5.41, 5.74) is 0. The van der Waals surface area contributed by atoms with Crippen LogP contribution >= 0.6 is 0 Å². The number of esters is 6. The number of carbonyl (C=O) groups excluding carboxylic acids is 8. The summed E-state index contributed by atoms with van der Waals surface area (Å²) >= 11 is 0. The third-order valence-corrected chi connectivity index (χ3v) is 14.8. The molecule has 18 nitrogen and oxygen atoms in total. The SMILES string of the molecule is CCCCCCCC/C=C\COC(=O)CCN(CCC(=O)OC/C=C\CCCCCCCC)CCC(=O)OCC1NC(=O)C(COC(=O)CCN(CCC(=O)OC/C=C\CCCCCCCC)CCC(=O)OC/C=C\CCCCCCCC)NC1=O. The number of unbranched alkanes of at least 4 members (excludes halogenated alkanes) is 24. The molecule has 2 amide bonds. The van der Waals surface area contributed by atoms with E-state index in [1.54, 1.807) is 9.80 Å². The van der Waals surface area contributed by atoms with E-state index in [0.29, 0.717) is 0 Å². The maximum absolute atomic E-state index is 13.1. The summed E-state index contributed by atoms with van der Waals surface area (Å²) in [6.45, 7) is 9.66. The Balaban J connectivity index is 2.70. The van der Waals surface area contributed by atoms with Crippen molar-refractivity contribution < 1.29 is 66.8 Å². The predicted molar refractivity (Wildman–Crippen MR) is 339 cm³/mol. The quantitative estimate of drug-likeness (QED) is 0.0250. The molecule has 2 unspecified atom stereocenters. The molecule has 1 rings (SSSR count). The van der Waals surface area contributed by atoms with Crippen molar-refractivity contribution in [1.82, 2.24) is 20.4 Å². The van der Waals surface area contributed by atoms with Crippen molar-refractivity contribution in [3.63, 3.8) is 0 Å². The van der Waals surface area contributed by atoms with Crippen LogP contribution in [0.2, 0.25) is 0 Å². The van der Waals surface area contributed by atoms with Crippen LogP contribution in [0.3, 0.4) is 0 Å². The fraction of sp³-hybridized carbons (Fsp3) is 0.765. The molecule has 0 aromatic carbocycles. The van der Waals surface area contributed by atoms with Gasteiger partial charge in [0.15, 0.2) is 0 Å². The highest BCUT2D eigenvalue weighted by Crippen LogP contribution is 2.12.